The number of ether oxygens (including phenoxy) is 1. The van der Waals surface area contributed by atoms with Crippen LogP contribution in [0.25, 0.3) is 10.9 Å². The molecule has 3 rings (SSSR count). The normalized spacial score (nSPS) is 12.1. The van der Waals surface area contributed by atoms with Crippen LogP contribution in [0.5, 0.6) is 0 Å². The molecule has 226 valence electrons. The molecular formula is C30H39FN6O5. The van der Waals surface area contributed by atoms with Crippen LogP contribution >= 0.6 is 0 Å². The van der Waals surface area contributed by atoms with E-state index in [1.165, 1.54) is 38.6 Å². The number of allylic oxidation sites excluding steroid dienone is 1. The largest absolute Gasteiger partial charge is 0.436 e. The maximum absolute atomic E-state index is 13.7. The van der Waals surface area contributed by atoms with Gasteiger partial charge < -0.3 is 33.9 Å². The van der Waals surface area contributed by atoms with E-state index in [-0.39, 0.29) is 36.8 Å². The van der Waals surface area contributed by atoms with E-state index < -0.39 is 23.7 Å². The van der Waals surface area contributed by atoms with Crippen molar-refractivity contribution in [2.75, 3.05) is 53.6 Å². The van der Waals surface area contributed by atoms with Crippen LogP contribution in [0.1, 0.15) is 18.5 Å². The number of nitrogens with zero attached hydrogens (tertiary/aromatic N) is 5. The van der Waals surface area contributed by atoms with Gasteiger partial charge in [-0.15, -0.1) is 0 Å². The van der Waals surface area contributed by atoms with Crippen LogP contribution in [-0.4, -0.2) is 96.2 Å². The number of anilines is 1. The van der Waals surface area contributed by atoms with Crippen LogP contribution < -0.4 is 10.9 Å². The maximum atomic E-state index is 13.7. The Morgan fingerprint density at radius 3 is 2.50 bits per heavy atom. The Morgan fingerprint density at radius 2 is 1.81 bits per heavy atom. The number of hydrogen-bond donors (Lipinski definition) is 1. The minimum atomic E-state index is -1.21. The lowest BCUT2D eigenvalue weighted by Gasteiger charge is -2.23. The molecule has 0 saturated heterocycles. The summed E-state index contributed by atoms with van der Waals surface area (Å²) in [6.07, 6.45) is 3.09. The number of carbonyl (C=O) groups excluding carboxylic acids is 3. The predicted molar refractivity (Wildman–Crippen MR) is 160 cm³/mol. The van der Waals surface area contributed by atoms with Gasteiger partial charge in [0.05, 0.1) is 6.54 Å². The number of likely N-dealkylation sites (N-methyl/N-ethyl adjacent to an activating group) is 3. The summed E-state index contributed by atoms with van der Waals surface area (Å²) in [5, 5.41) is 3.33. The van der Waals surface area contributed by atoms with Gasteiger partial charge in [0, 0.05) is 64.1 Å². The quantitative estimate of drug-likeness (QED) is 0.329. The Bertz CT molecular complexity index is 1510. The monoisotopic (exact) mass is 582 g/mol. The number of aryl methyl sites for hydroxylation is 1. The summed E-state index contributed by atoms with van der Waals surface area (Å²) in [6.45, 7) is 1.18. The van der Waals surface area contributed by atoms with Crippen molar-refractivity contribution < 1.29 is 23.5 Å². The summed E-state index contributed by atoms with van der Waals surface area (Å²) in [6, 6.07) is 9.42. The predicted octanol–water partition coefficient (Wildman–Crippen LogP) is 2.89. The van der Waals surface area contributed by atoms with Crippen LogP contribution in [0.3, 0.4) is 0 Å². The topological polar surface area (TPSA) is 109 Å². The van der Waals surface area contributed by atoms with Gasteiger partial charge in [0.15, 0.2) is 6.10 Å². The summed E-state index contributed by atoms with van der Waals surface area (Å²) in [7, 11) is 10.4. The second-order valence-electron chi connectivity index (χ2n) is 10.6. The van der Waals surface area contributed by atoms with E-state index in [4.69, 9.17) is 4.74 Å². The Balaban J connectivity index is 1.78. The lowest BCUT2D eigenvalue weighted by molar-refractivity contribution is -0.125. The highest BCUT2D eigenvalue weighted by molar-refractivity contribution is 5.95. The molecule has 42 heavy (non-hydrogen) atoms. The molecule has 0 spiro atoms. The molecule has 3 aromatic rings. The number of benzene rings is 1. The van der Waals surface area contributed by atoms with Crippen molar-refractivity contribution in [3.05, 3.63) is 76.6 Å². The van der Waals surface area contributed by atoms with Gasteiger partial charge >= 0.3 is 6.09 Å². The number of aromatic nitrogens is 2. The number of pyridine rings is 1. The first-order valence-corrected chi connectivity index (χ1v) is 13.6. The van der Waals surface area contributed by atoms with Crippen molar-refractivity contribution in [2.24, 2.45) is 7.05 Å². The number of amides is 3. The van der Waals surface area contributed by atoms with Gasteiger partial charge in [0.25, 0.3) is 11.5 Å². The zero-order chi connectivity index (χ0) is 31.0. The molecule has 0 fully saturated rings. The SMILES string of the molecule is CN(C)CCN(C)C(=O)O[C@@H](CC/C=C/C(=O)N(C)C)C(=O)Nc1cccn(Cc2cc3cc(F)ccc3n2C)c1=O. The molecule has 0 radical (unpaired) electrons. The number of hydrogen-bond acceptors (Lipinski definition) is 6. The van der Waals surface area contributed by atoms with Gasteiger partial charge in [0.2, 0.25) is 5.91 Å². The van der Waals surface area contributed by atoms with E-state index in [1.54, 1.807) is 45.5 Å². The molecule has 0 saturated carbocycles. The summed E-state index contributed by atoms with van der Waals surface area (Å²) < 4.78 is 22.6. The zero-order valence-electron chi connectivity index (χ0n) is 25.0. The third-order valence-corrected chi connectivity index (χ3v) is 6.74. The molecule has 2 heterocycles. The minimum Gasteiger partial charge on any atom is -0.436 e. The van der Waals surface area contributed by atoms with Crippen LogP contribution in [0.15, 0.2) is 59.5 Å². The molecule has 0 unspecified atom stereocenters. The minimum absolute atomic E-state index is 0.0210. The summed E-state index contributed by atoms with van der Waals surface area (Å²) >= 11 is 0. The molecule has 1 atom stereocenters. The lowest BCUT2D eigenvalue weighted by Crippen LogP contribution is -2.40. The molecule has 0 bridgehead atoms. The Hall–Kier alpha value is -4.45. The Morgan fingerprint density at radius 1 is 1.07 bits per heavy atom. The molecule has 1 N–H and O–H groups in total. The van der Waals surface area contributed by atoms with E-state index in [2.05, 4.69) is 5.32 Å². The first-order valence-electron chi connectivity index (χ1n) is 13.6. The summed E-state index contributed by atoms with van der Waals surface area (Å²) in [5.74, 6) is -1.22. The van der Waals surface area contributed by atoms with E-state index in [9.17, 15) is 23.6 Å². The molecule has 12 heteroatoms. The van der Waals surface area contributed by atoms with Crippen molar-refractivity contribution in [3.63, 3.8) is 0 Å². The second-order valence-corrected chi connectivity index (χ2v) is 10.6. The van der Waals surface area contributed by atoms with E-state index in [0.717, 1.165) is 11.2 Å². The average Bonchev–Trinajstić information content (AvgIpc) is 3.24. The van der Waals surface area contributed by atoms with Gasteiger partial charge in [-0.2, -0.15) is 0 Å². The fraction of sp³-hybridized carbons (Fsp3) is 0.400. The van der Waals surface area contributed by atoms with Crippen LogP contribution in [-0.2, 0) is 27.9 Å². The molecule has 3 amide bonds. The van der Waals surface area contributed by atoms with Gasteiger partial charge in [0.1, 0.15) is 11.5 Å². The lowest BCUT2D eigenvalue weighted by atomic mass is 10.1. The van der Waals surface area contributed by atoms with Crippen LogP contribution in [0, 0.1) is 5.82 Å². The highest BCUT2D eigenvalue weighted by Crippen LogP contribution is 2.20. The van der Waals surface area contributed by atoms with E-state index in [0.29, 0.717) is 18.5 Å². The summed E-state index contributed by atoms with van der Waals surface area (Å²) in [5.41, 5.74) is 1.16. The van der Waals surface area contributed by atoms with Gasteiger partial charge in [-0.05, 0) is 69.4 Å². The molecular weight excluding hydrogens is 543 g/mol. The van der Waals surface area contributed by atoms with Crippen LogP contribution in [0.2, 0.25) is 0 Å². The Labute approximate surface area is 244 Å². The maximum Gasteiger partial charge on any atom is 0.410 e. The number of carbonyl (C=O) groups is 3. The molecule has 0 aliphatic rings. The highest BCUT2D eigenvalue weighted by Gasteiger charge is 2.25. The number of fused-ring (bicyclic) bond motifs is 1. The third kappa shape index (κ3) is 8.53. The molecule has 1 aromatic carbocycles. The van der Waals surface area contributed by atoms with Crippen molar-refractivity contribution >= 4 is 34.5 Å². The number of nitrogens with one attached hydrogen (secondary N) is 1. The summed E-state index contributed by atoms with van der Waals surface area (Å²) in [4.78, 5) is 55.9. The molecule has 11 nitrogen and oxygen atoms in total. The van der Waals surface area contributed by atoms with Crippen molar-refractivity contribution in [3.8, 4) is 0 Å². The molecule has 0 aliphatic carbocycles. The van der Waals surface area contributed by atoms with Gasteiger partial charge in [-0.3, -0.25) is 14.4 Å². The number of rotatable bonds is 12. The Kier molecular flexibility index (Phi) is 11.0. The molecule has 2 aromatic heterocycles. The highest BCUT2D eigenvalue weighted by atomic mass is 19.1. The third-order valence-electron chi connectivity index (χ3n) is 6.74. The van der Waals surface area contributed by atoms with Gasteiger partial charge in [-0.25, -0.2) is 9.18 Å². The van der Waals surface area contributed by atoms with Crippen LogP contribution in [0.4, 0.5) is 14.9 Å². The van der Waals surface area contributed by atoms with Gasteiger partial charge in [-0.1, -0.05) is 6.08 Å². The first kappa shape index (κ1) is 32.1. The van der Waals surface area contributed by atoms with E-state index >= 15 is 0 Å². The average molecular weight is 583 g/mol. The smallest absolute Gasteiger partial charge is 0.410 e. The van der Waals surface area contributed by atoms with E-state index in [1.807, 2.05) is 36.7 Å². The number of halogens is 1. The van der Waals surface area contributed by atoms with Crippen molar-refractivity contribution in [1.82, 2.24) is 23.8 Å². The second kappa shape index (κ2) is 14.4. The van der Waals surface area contributed by atoms with Crippen molar-refractivity contribution in [2.45, 2.75) is 25.5 Å². The zero-order valence-corrected chi connectivity index (χ0v) is 25.0. The first-order chi connectivity index (χ1) is 19.9. The fourth-order valence-corrected chi connectivity index (χ4v) is 4.15. The van der Waals surface area contributed by atoms with Crippen molar-refractivity contribution in [1.29, 1.82) is 0 Å². The fourth-order valence-electron chi connectivity index (χ4n) is 4.15. The standard InChI is InChI=1S/C30H39FN6O5/c1-33(2)16-17-35(5)30(41)42-26(11-7-8-12-27(38)34(3)4)28(39)32-24-10-9-15-37(29(24)40)20-23-19-21-18-22(31)13-14-25(21)36(23)6/h8-10,12-15,18-19,26H,7,11,16-17,20H2,1-6H3,(H,32,39)/b12-8+/t26-/m0/s1. The molecule has 0 aliphatic heterocycles.